The van der Waals surface area contributed by atoms with Gasteiger partial charge in [0, 0.05) is 44.1 Å². The maximum Gasteiger partial charge on any atom is 0.220 e. The molecular formula is C23H28N2O3. The van der Waals surface area contributed by atoms with Crippen LogP contribution in [0, 0.1) is 0 Å². The molecule has 0 saturated carbocycles. The van der Waals surface area contributed by atoms with Gasteiger partial charge in [-0.25, -0.2) is 0 Å². The lowest BCUT2D eigenvalue weighted by Crippen LogP contribution is -2.37. The van der Waals surface area contributed by atoms with E-state index in [0.29, 0.717) is 12.2 Å². The molecule has 1 aliphatic rings. The summed E-state index contributed by atoms with van der Waals surface area (Å²) in [5.41, 5.74) is 1.90. The van der Waals surface area contributed by atoms with Crippen LogP contribution in [0.15, 0.2) is 54.6 Å². The normalized spacial score (nSPS) is 16.7. The Kier molecular flexibility index (Phi) is 7.20. The average molecular weight is 380 g/mol. The molecule has 1 heterocycles. The molecule has 3 rings (SSSR count). The number of hydrogen-bond acceptors (Lipinski definition) is 4. The van der Waals surface area contributed by atoms with Gasteiger partial charge in [0.2, 0.25) is 5.91 Å². The van der Waals surface area contributed by atoms with Crippen molar-refractivity contribution in [3.8, 4) is 5.75 Å². The van der Waals surface area contributed by atoms with Gasteiger partial charge in [-0.1, -0.05) is 30.3 Å². The third kappa shape index (κ3) is 5.92. The molecule has 0 aromatic heterocycles. The van der Waals surface area contributed by atoms with Crippen molar-refractivity contribution in [3.05, 3.63) is 65.7 Å². The fourth-order valence-electron chi connectivity index (χ4n) is 3.51. The zero-order valence-corrected chi connectivity index (χ0v) is 16.4. The van der Waals surface area contributed by atoms with E-state index in [9.17, 15) is 9.59 Å². The largest absolute Gasteiger partial charge is 0.494 e. The minimum Gasteiger partial charge on any atom is -0.494 e. The number of hydrogen-bond donors (Lipinski definition) is 1. The van der Waals surface area contributed by atoms with Gasteiger partial charge >= 0.3 is 0 Å². The van der Waals surface area contributed by atoms with Crippen LogP contribution in [-0.2, 0) is 11.3 Å². The van der Waals surface area contributed by atoms with Gasteiger partial charge in [0.15, 0.2) is 5.78 Å². The van der Waals surface area contributed by atoms with E-state index >= 15 is 0 Å². The van der Waals surface area contributed by atoms with Crippen molar-refractivity contribution in [2.75, 3.05) is 19.7 Å². The number of ketones is 1. The monoisotopic (exact) mass is 380 g/mol. The van der Waals surface area contributed by atoms with Crippen LogP contribution < -0.4 is 10.1 Å². The lowest BCUT2D eigenvalue weighted by molar-refractivity contribution is -0.121. The quantitative estimate of drug-likeness (QED) is 0.677. The average Bonchev–Trinajstić information content (AvgIpc) is 3.14. The molecule has 2 aromatic carbocycles. The van der Waals surface area contributed by atoms with Gasteiger partial charge in [-0.3, -0.25) is 14.5 Å². The number of nitrogens with one attached hydrogen (secondary N) is 1. The third-order valence-electron chi connectivity index (χ3n) is 4.95. The van der Waals surface area contributed by atoms with Gasteiger partial charge < -0.3 is 10.1 Å². The SMILES string of the molecule is CCOc1ccc(C(=O)CCC(=O)NC2CCN(Cc3ccccc3)C2)cc1. The number of carbonyl (C=O) groups is 2. The van der Waals surface area contributed by atoms with Crippen LogP contribution in [0.1, 0.15) is 42.1 Å². The molecule has 1 atom stereocenters. The van der Waals surface area contributed by atoms with Gasteiger partial charge in [0.25, 0.3) is 0 Å². The first-order chi connectivity index (χ1) is 13.6. The molecule has 1 fully saturated rings. The number of amides is 1. The third-order valence-corrected chi connectivity index (χ3v) is 4.95. The molecule has 1 N–H and O–H groups in total. The van der Waals surface area contributed by atoms with E-state index in [-0.39, 0.29) is 30.6 Å². The van der Waals surface area contributed by atoms with Crippen LogP contribution >= 0.6 is 0 Å². The molecule has 0 aliphatic carbocycles. The summed E-state index contributed by atoms with van der Waals surface area (Å²) in [4.78, 5) is 26.9. The molecule has 148 valence electrons. The van der Waals surface area contributed by atoms with E-state index in [1.165, 1.54) is 5.56 Å². The zero-order chi connectivity index (χ0) is 19.8. The number of nitrogens with zero attached hydrogens (tertiary/aromatic N) is 1. The van der Waals surface area contributed by atoms with Gasteiger partial charge in [-0.15, -0.1) is 0 Å². The Labute approximate surface area is 166 Å². The number of benzene rings is 2. The molecule has 5 nitrogen and oxygen atoms in total. The second kappa shape index (κ2) is 10.0. The summed E-state index contributed by atoms with van der Waals surface area (Å²) >= 11 is 0. The van der Waals surface area contributed by atoms with E-state index in [0.717, 1.165) is 31.8 Å². The van der Waals surface area contributed by atoms with Crippen molar-refractivity contribution < 1.29 is 14.3 Å². The van der Waals surface area contributed by atoms with Crippen molar-refractivity contribution in [2.24, 2.45) is 0 Å². The highest BCUT2D eigenvalue weighted by Crippen LogP contribution is 2.15. The van der Waals surface area contributed by atoms with Crippen LogP contribution in [0.25, 0.3) is 0 Å². The van der Waals surface area contributed by atoms with E-state index in [4.69, 9.17) is 4.74 Å². The molecule has 1 aliphatic heterocycles. The number of likely N-dealkylation sites (tertiary alicyclic amines) is 1. The lowest BCUT2D eigenvalue weighted by atomic mass is 10.1. The lowest BCUT2D eigenvalue weighted by Gasteiger charge is -2.16. The maximum atomic E-state index is 12.3. The first-order valence-corrected chi connectivity index (χ1v) is 9.95. The van der Waals surface area contributed by atoms with Crippen LogP contribution in [0.3, 0.4) is 0 Å². The Morgan fingerprint density at radius 2 is 1.82 bits per heavy atom. The first kappa shape index (κ1) is 20.1. The highest BCUT2D eigenvalue weighted by Gasteiger charge is 2.24. The van der Waals surface area contributed by atoms with Gasteiger partial charge in [-0.2, -0.15) is 0 Å². The fourth-order valence-corrected chi connectivity index (χ4v) is 3.51. The summed E-state index contributed by atoms with van der Waals surface area (Å²) < 4.78 is 5.38. The molecule has 0 radical (unpaired) electrons. The van der Waals surface area contributed by atoms with Gasteiger partial charge in [0.1, 0.15) is 5.75 Å². The molecule has 1 amide bonds. The molecule has 1 saturated heterocycles. The summed E-state index contributed by atoms with van der Waals surface area (Å²) in [5, 5.41) is 3.07. The smallest absolute Gasteiger partial charge is 0.220 e. The number of Topliss-reactive ketones (excluding diaryl/α,β-unsaturated/α-hetero) is 1. The number of ether oxygens (including phenoxy) is 1. The van der Waals surface area contributed by atoms with E-state index < -0.39 is 0 Å². The summed E-state index contributed by atoms with van der Waals surface area (Å²) in [6, 6.07) is 17.6. The summed E-state index contributed by atoms with van der Waals surface area (Å²) in [6.45, 7) is 5.25. The number of rotatable bonds is 9. The topological polar surface area (TPSA) is 58.6 Å². The standard InChI is InChI=1S/C23H28N2O3/c1-2-28-21-10-8-19(9-11-21)22(26)12-13-23(27)24-20-14-15-25(17-20)16-18-6-4-3-5-7-18/h3-11,20H,2,12-17H2,1H3,(H,24,27). The van der Waals surface area contributed by atoms with E-state index in [2.05, 4.69) is 22.3 Å². The van der Waals surface area contributed by atoms with Gasteiger partial charge in [-0.05, 0) is 43.2 Å². The van der Waals surface area contributed by atoms with Crippen LogP contribution in [0.5, 0.6) is 5.75 Å². The van der Waals surface area contributed by atoms with E-state index in [1.807, 2.05) is 25.1 Å². The molecule has 1 unspecified atom stereocenters. The minimum absolute atomic E-state index is 0.0182. The summed E-state index contributed by atoms with van der Waals surface area (Å²) in [5.74, 6) is 0.680. The van der Waals surface area contributed by atoms with Crippen molar-refractivity contribution in [1.82, 2.24) is 10.2 Å². The fraction of sp³-hybridized carbons (Fsp3) is 0.391. The van der Waals surface area contributed by atoms with Crippen LogP contribution in [0.2, 0.25) is 0 Å². The van der Waals surface area contributed by atoms with Gasteiger partial charge in [0.05, 0.1) is 6.61 Å². The van der Waals surface area contributed by atoms with Crippen LogP contribution in [0.4, 0.5) is 0 Å². The highest BCUT2D eigenvalue weighted by atomic mass is 16.5. The van der Waals surface area contributed by atoms with E-state index in [1.54, 1.807) is 24.3 Å². The zero-order valence-electron chi connectivity index (χ0n) is 16.4. The second-order valence-corrected chi connectivity index (χ2v) is 7.15. The van der Waals surface area contributed by atoms with Crippen molar-refractivity contribution in [2.45, 2.75) is 38.8 Å². The molecular weight excluding hydrogens is 352 g/mol. The molecule has 28 heavy (non-hydrogen) atoms. The number of carbonyl (C=O) groups excluding carboxylic acids is 2. The molecule has 5 heteroatoms. The molecule has 0 bridgehead atoms. The Morgan fingerprint density at radius 1 is 1.07 bits per heavy atom. The highest BCUT2D eigenvalue weighted by molar-refractivity contribution is 5.98. The van der Waals surface area contributed by atoms with Crippen molar-refractivity contribution in [3.63, 3.8) is 0 Å². The Morgan fingerprint density at radius 3 is 2.54 bits per heavy atom. The maximum absolute atomic E-state index is 12.3. The Bertz CT molecular complexity index is 774. The Balaban J connectivity index is 1.39. The van der Waals surface area contributed by atoms with Crippen molar-refractivity contribution >= 4 is 11.7 Å². The van der Waals surface area contributed by atoms with Crippen molar-refractivity contribution in [1.29, 1.82) is 0 Å². The molecule has 2 aromatic rings. The molecule has 0 spiro atoms. The Hall–Kier alpha value is -2.66. The van der Waals surface area contributed by atoms with Crippen LogP contribution in [-0.4, -0.2) is 42.3 Å². The summed E-state index contributed by atoms with van der Waals surface area (Å²) in [6.07, 6.45) is 1.40. The first-order valence-electron chi connectivity index (χ1n) is 9.95. The second-order valence-electron chi connectivity index (χ2n) is 7.15. The predicted molar refractivity (Wildman–Crippen MR) is 109 cm³/mol. The summed E-state index contributed by atoms with van der Waals surface area (Å²) in [7, 11) is 0. The predicted octanol–water partition coefficient (Wildman–Crippen LogP) is 3.44. The minimum atomic E-state index is -0.0501.